The molecule has 2 unspecified atom stereocenters. The average molecular weight is 347 g/mol. The van der Waals surface area contributed by atoms with Crippen molar-refractivity contribution in [3.05, 3.63) is 64.7 Å². The number of amides is 2. The number of carbonyl (C=O) groups is 1. The third-order valence-electron chi connectivity index (χ3n) is 3.92. The topological polar surface area (TPSA) is 70.6 Å². The van der Waals surface area contributed by atoms with Crippen LogP contribution in [0.2, 0.25) is 5.02 Å². The predicted molar refractivity (Wildman–Crippen MR) is 92.4 cm³/mol. The molecule has 3 N–H and O–H groups in total. The summed E-state index contributed by atoms with van der Waals surface area (Å²) in [5.74, 6) is 0.874. The summed E-state index contributed by atoms with van der Waals surface area (Å²) in [4.78, 5) is 11.9. The molecule has 24 heavy (non-hydrogen) atoms. The first-order valence-electron chi connectivity index (χ1n) is 7.82. The van der Waals surface area contributed by atoms with Gasteiger partial charge in [-0.1, -0.05) is 48.0 Å². The largest absolute Gasteiger partial charge is 0.488 e. The molecular formula is C18H19ClN2O3. The van der Waals surface area contributed by atoms with Gasteiger partial charge in [0.15, 0.2) is 0 Å². The monoisotopic (exact) mass is 346 g/mol. The quantitative estimate of drug-likeness (QED) is 0.779. The number of rotatable bonds is 5. The van der Waals surface area contributed by atoms with E-state index in [0.717, 1.165) is 17.7 Å². The highest BCUT2D eigenvalue weighted by molar-refractivity contribution is 6.31. The number of ether oxygens (including phenoxy) is 1. The molecule has 0 saturated heterocycles. The van der Waals surface area contributed by atoms with E-state index < -0.39 is 6.10 Å². The van der Waals surface area contributed by atoms with Gasteiger partial charge in [0.05, 0.1) is 12.6 Å². The molecular weight excluding hydrogens is 328 g/mol. The van der Waals surface area contributed by atoms with E-state index in [9.17, 15) is 9.90 Å². The van der Waals surface area contributed by atoms with Crippen LogP contribution in [0.25, 0.3) is 0 Å². The number of hydrogen-bond acceptors (Lipinski definition) is 3. The number of urea groups is 1. The number of nitrogens with one attached hydrogen (secondary N) is 2. The van der Waals surface area contributed by atoms with Gasteiger partial charge in [0.1, 0.15) is 11.9 Å². The summed E-state index contributed by atoms with van der Waals surface area (Å²) in [7, 11) is 0. The zero-order chi connectivity index (χ0) is 16.9. The lowest BCUT2D eigenvalue weighted by molar-refractivity contribution is 0.171. The van der Waals surface area contributed by atoms with Crippen molar-refractivity contribution in [3.63, 3.8) is 0 Å². The summed E-state index contributed by atoms with van der Waals surface area (Å²) < 4.78 is 5.76. The number of carbonyl (C=O) groups excluding carboxylic acids is 1. The van der Waals surface area contributed by atoms with E-state index in [2.05, 4.69) is 10.6 Å². The van der Waals surface area contributed by atoms with Crippen molar-refractivity contribution in [2.45, 2.75) is 18.6 Å². The Morgan fingerprint density at radius 3 is 2.75 bits per heavy atom. The highest BCUT2D eigenvalue weighted by Gasteiger charge is 2.22. The van der Waals surface area contributed by atoms with Crippen LogP contribution in [0, 0.1) is 0 Å². The third kappa shape index (κ3) is 3.99. The van der Waals surface area contributed by atoms with Crippen molar-refractivity contribution in [1.29, 1.82) is 0 Å². The van der Waals surface area contributed by atoms with E-state index in [4.69, 9.17) is 16.3 Å². The maximum absolute atomic E-state index is 11.9. The second kappa shape index (κ2) is 7.55. The molecule has 1 aliphatic rings. The van der Waals surface area contributed by atoms with E-state index in [1.54, 1.807) is 24.3 Å². The Balaban J connectivity index is 1.42. The van der Waals surface area contributed by atoms with Crippen molar-refractivity contribution >= 4 is 17.6 Å². The van der Waals surface area contributed by atoms with Crippen molar-refractivity contribution in [1.82, 2.24) is 10.6 Å². The lowest BCUT2D eigenvalue weighted by Gasteiger charge is -2.15. The number of benzene rings is 2. The number of aliphatic hydroxyl groups excluding tert-OH is 1. The molecule has 0 aromatic heterocycles. The van der Waals surface area contributed by atoms with E-state index >= 15 is 0 Å². The first kappa shape index (κ1) is 16.6. The molecule has 3 rings (SSSR count). The molecule has 2 aromatic rings. The summed E-state index contributed by atoms with van der Waals surface area (Å²) in [6.45, 7) is 0.490. The zero-order valence-electron chi connectivity index (χ0n) is 13.0. The van der Waals surface area contributed by atoms with Gasteiger partial charge in [-0.3, -0.25) is 0 Å². The van der Waals surface area contributed by atoms with Crippen molar-refractivity contribution in [3.8, 4) is 5.75 Å². The Morgan fingerprint density at radius 2 is 1.96 bits per heavy atom. The highest BCUT2D eigenvalue weighted by Crippen LogP contribution is 2.27. The van der Waals surface area contributed by atoms with Gasteiger partial charge < -0.3 is 20.5 Å². The Hall–Kier alpha value is -2.24. The van der Waals surface area contributed by atoms with Gasteiger partial charge in [-0.15, -0.1) is 0 Å². The van der Waals surface area contributed by atoms with Gasteiger partial charge in [0.2, 0.25) is 0 Å². The van der Waals surface area contributed by atoms with Crippen LogP contribution in [0.1, 0.15) is 17.2 Å². The molecule has 0 aliphatic carbocycles. The van der Waals surface area contributed by atoms with E-state index in [1.165, 1.54) is 0 Å². The summed E-state index contributed by atoms with van der Waals surface area (Å²) in [5, 5.41) is 16.0. The van der Waals surface area contributed by atoms with Gasteiger partial charge in [0.25, 0.3) is 0 Å². The number of aliphatic hydroxyl groups is 1. The lowest BCUT2D eigenvalue weighted by Crippen LogP contribution is -2.42. The third-order valence-corrected chi connectivity index (χ3v) is 4.27. The molecule has 1 aliphatic heterocycles. The number of halogens is 1. The number of para-hydroxylation sites is 1. The second-order valence-corrected chi connectivity index (χ2v) is 6.09. The van der Waals surface area contributed by atoms with Crippen molar-refractivity contribution in [2.75, 3.05) is 13.1 Å². The second-order valence-electron chi connectivity index (χ2n) is 5.68. The molecule has 6 heteroatoms. The van der Waals surface area contributed by atoms with Crippen LogP contribution in [0.5, 0.6) is 5.75 Å². The van der Waals surface area contributed by atoms with Crippen molar-refractivity contribution in [2.24, 2.45) is 0 Å². The minimum Gasteiger partial charge on any atom is -0.488 e. The van der Waals surface area contributed by atoms with Crippen LogP contribution in [-0.2, 0) is 6.42 Å². The first-order valence-corrected chi connectivity index (χ1v) is 8.20. The van der Waals surface area contributed by atoms with Crippen LogP contribution in [0.3, 0.4) is 0 Å². The fraction of sp³-hybridized carbons (Fsp3) is 0.278. The summed E-state index contributed by atoms with van der Waals surface area (Å²) in [5.41, 5.74) is 1.74. The van der Waals surface area contributed by atoms with Gasteiger partial charge in [0, 0.05) is 23.6 Å². The van der Waals surface area contributed by atoms with Crippen LogP contribution >= 0.6 is 11.6 Å². The number of fused-ring (bicyclic) bond motifs is 1. The Kier molecular flexibility index (Phi) is 5.23. The summed E-state index contributed by atoms with van der Waals surface area (Å²) in [6, 6.07) is 14.5. The van der Waals surface area contributed by atoms with E-state index in [1.807, 2.05) is 24.3 Å². The standard InChI is InChI=1S/C18H19ClN2O3/c19-15-7-3-2-6-14(15)16(22)11-21-18(23)20-10-13-9-12-5-1-4-8-17(12)24-13/h1-8,13,16,22H,9-11H2,(H2,20,21,23). The molecule has 5 nitrogen and oxygen atoms in total. The van der Waals surface area contributed by atoms with E-state index in [0.29, 0.717) is 17.1 Å². The van der Waals surface area contributed by atoms with Gasteiger partial charge in [-0.05, 0) is 17.7 Å². The van der Waals surface area contributed by atoms with Crippen LogP contribution in [0.15, 0.2) is 48.5 Å². The molecule has 2 aromatic carbocycles. The normalized spacial score (nSPS) is 16.8. The molecule has 1 heterocycles. The van der Waals surface area contributed by atoms with Gasteiger partial charge >= 0.3 is 6.03 Å². The summed E-state index contributed by atoms with van der Waals surface area (Å²) in [6.07, 6.45) is -0.142. The Labute approximate surface area is 145 Å². The first-order chi connectivity index (χ1) is 11.6. The van der Waals surface area contributed by atoms with Crippen molar-refractivity contribution < 1.29 is 14.6 Å². The van der Waals surface area contributed by atoms with E-state index in [-0.39, 0.29) is 18.7 Å². The minimum atomic E-state index is -0.851. The highest BCUT2D eigenvalue weighted by atomic mass is 35.5. The molecule has 126 valence electrons. The maximum Gasteiger partial charge on any atom is 0.315 e. The lowest BCUT2D eigenvalue weighted by atomic mass is 10.1. The SMILES string of the molecule is O=C(NCC1Cc2ccccc2O1)NCC(O)c1ccccc1Cl. The fourth-order valence-electron chi connectivity index (χ4n) is 2.68. The molecule has 0 spiro atoms. The Bertz CT molecular complexity index is 698. The van der Waals surface area contributed by atoms with Crippen LogP contribution in [-0.4, -0.2) is 30.3 Å². The predicted octanol–water partition coefficient (Wildman–Crippen LogP) is 2.68. The van der Waals surface area contributed by atoms with Crippen LogP contribution < -0.4 is 15.4 Å². The minimum absolute atomic E-state index is 0.0679. The number of hydrogen-bond donors (Lipinski definition) is 3. The molecule has 0 saturated carbocycles. The van der Waals surface area contributed by atoms with Gasteiger partial charge in [-0.25, -0.2) is 4.79 Å². The molecule has 0 fully saturated rings. The fourth-order valence-corrected chi connectivity index (χ4v) is 2.94. The molecule has 0 radical (unpaired) electrons. The molecule has 2 atom stereocenters. The molecule has 0 bridgehead atoms. The zero-order valence-corrected chi connectivity index (χ0v) is 13.8. The smallest absolute Gasteiger partial charge is 0.315 e. The average Bonchev–Trinajstić information content (AvgIpc) is 3.01. The molecule has 2 amide bonds. The van der Waals surface area contributed by atoms with Crippen LogP contribution in [0.4, 0.5) is 4.79 Å². The maximum atomic E-state index is 11.9. The summed E-state index contributed by atoms with van der Waals surface area (Å²) >= 11 is 6.02. The van der Waals surface area contributed by atoms with Gasteiger partial charge in [-0.2, -0.15) is 0 Å². The Morgan fingerprint density at radius 1 is 1.21 bits per heavy atom.